The summed E-state index contributed by atoms with van der Waals surface area (Å²) in [6, 6.07) is 0. The standard InChI is InChI=1S/C17H26N6O5/c1-7-27-15(25)13-19-10(8-23(13)6)20-14(24)12-18-11(9-22(12)5)21-16(26)28-17(2,3)4/h9-10H,7-8H2,1-6H3,(H,20,24)(H,21,26). The molecule has 0 saturated heterocycles. The number of aryl methyl sites for hydroxylation is 1. The van der Waals surface area contributed by atoms with E-state index in [-0.39, 0.29) is 24.1 Å². The van der Waals surface area contributed by atoms with Crippen molar-refractivity contribution in [1.82, 2.24) is 19.8 Å². The number of hydrogen-bond donors (Lipinski definition) is 2. The van der Waals surface area contributed by atoms with Gasteiger partial charge in [0.2, 0.25) is 11.7 Å². The number of nitrogens with zero attached hydrogens (tertiary/aromatic N) is 4. The van der Waals surface area contributed by atoms with Crippen molar-refractivity contribution >= 4 is 29.6 Å². The first-order valence-electron chi connectivity index (χ1n) is 8.80. The van der Waals surface area contributed by atoms with E-state index in [4.69, 9.17) is 9.47 Å². The van der Waals surface area contributed by atoms with Gasteiger partial charge in [0.05, 0.1) is 13.2 Å². The number of ether oxygens (including phenoxy) is 2. The second kappa shape index (κ2) is 8.28. The highest BCUT2D eigenvalue weighted by molar-refractivity contribution is 6.35. The van der Waals surface area contributed by atoms with Crippen molar-refractivity contribution in [2.45, 2.75) is 39.5 Å². The molecule has 0 radical (unpaired) electrons. The van der Waals surface area contributed by atoms with E-state index in [0.717, 1.165) is 0 Å². The molecule has 1 aromatic heterocycles. The summed E-state index contributed by atoms with van der Waals surface area (Å²) in [5, 5.41) is 5.18. The molecule has 28 heavy (non-hydrogen) atoms. The molecule has 2 N–H and O–H groups in total. The smallest absolute Gasteiger partial charge is 0.413 e. The number of carbonyl (C=O) groups excluding carboxylic acids is 3. The fraction of sp³-hybridized carbons (Fsp3) is 0.588. The third kappa shape index (κ3) is 5.44. The molecule has 0 aromatic carbocycles. The highest BCUT2D eigenvalue weighted by Crippen LogP contribution is 2.13. The Bertz CT molecular complexity index is 794. The van der Waals surface area contributed by atoms with Gasteiger partial charge < -0.3 is 24.3 Å². The first-order valence-corrected chi connectivity index (χ1v) is 8.80. The van der Waals surface area contributed by atoms with E-state index in [0.29, 0.717) is 6.54 Å². The minimum absolute atomic E-state index is 0.0773. The third-order valence-corrected chi connectivity index (χ3v) is 3.55. The number of rotatable bonds is 5. The minimum atomic E-state index is -0.668. The molecule has 0 aliphatic carbocycles. The molecule has 0 fully saturated rings. The second-order valence-electron chi connectivity index (χ2n) is 7.23. The van der Waals surface area contributed by atoms with Crippen molar-refractivity contribution < 1.29 is 23.9 Å². The molecule has 11 heteroatoms. The van der Waals surface area contributed by atoms with Gasteiger partial charge in [-0.05, 0) is 27.7 Å². The van der Waals surface area contributed by atoms with Crippen LogP contribution < -0.4 is 10.6 Å². The Kier molecular flexibility index (Phi) is 6.26. The summed E-state index contributed by atoms with van der Waals surface area (Å²) in [6.07, 6.45) is 0.210. The van der Waals surface area contributed by atoms with Crippen LogP contribution in [0.25, 0.3) is 0 Å². The molecule has 154 valence electrons. The fourth-order valence-electron chi connectivity index (χ4n) is 2.48. The number of imidazole rings is 1. The molecule has 0 bridgehead atoms. The van der Waals surface area contributed by atoms with Crippen LogP contribution in [0, 0.1) is 0 Å². The van der Waals surface area contributed by atoms with Crippen LogP contribution in [0.5, 0.6) is 0 Å². The van der Waals surface area contributed by atoms with Crippen molar-refractivity contribution in [3.8, 4) is 0 Å². The molecule has 1 aromatic rings. The largest absolute Gasteiger partial charge is 0.460 e. The van der Waals surface area contributed by atoms with E-state index in [9.17, 15) is 14.4 Å². The number of carbonyl (C=O) groups is 3. The Morgan fingerprint density at radius 3 is 2.57 bits per heavy atom. The fourth-order valence-corrected chi connectivity index (χ4v) is 2.48. The van der Waals surface area contributed by atoms with Gasteiger partial charge in [-0.3, -0.25) is 10.1 Å². The number of aliphatic imine (C=N–C) groups is 1. The van der Waals surface area contributed by atoms with Crippen LogP contribution >= 0.6 is 0 Å². The summed E-state index contributed by atoms with van der Waals surface area (Å²) in [4.78, 5) is 46.1. The van der Waals surface area contributed by atoms with E-state index in [2.05, 4.69) is 20.6 Å². The molecule has 2 amide bonds. The molecule has 11 nitrogen and oxygen atoms in total. The summed E-state index contributed by atoms with van der Waals surface area (Å²) < 4.78 is 11.6. The summed E-state index contributed by atoms with van der Waals surface area (Å²) in [5.41, 5.74) is -0.651. The Labute approximate surface area is 163 Å². The Morgan fingerprint density at radius 2 is 1.96 bits per heavy atom. The number of amides is 2. The third-order valence-electron chi connectivity index (χ3n) is 3.55. The number of aromatic nitrogens is 2. The van der Waals surface area contributed by atoms with Crippen molar-refractivity contribution in [2.24, 2.45) is 12.0 Å². The molecule has 1 unspecified atom stereocenters. The quantitative estimate of drug-likeness (QED) is 0.705. The normalized spacial score (nSPS) is 16.4. The number of esters is 1. The Balaban J connectivity index is 2.02. The zero-order valence-corrected chi connectivity index (χ0v) is 16.9. The van der Waals surface area contributed by atoms with Crippen LogP contribution in [0.2, 0.25) is 0 Å². The molecule has 2 heterocycles. The lowest BCUT2D eigenvalue weighted by Gasteiger charge is -2.19. The number of likely N-dealkylation sites (N-methyl/N-ethyl adjacent to an activating group) is 1. The van der Waals surface area contributed by atoms with Crippen molar-refractivity contribution in [3.63, 3.8) is 0 Å². The summed E-state index contributed by atoms with van der Waals surface area (Å²) >= 11 is 0. The van der Waals surface area contributed by atoms with Gasteiger partial charge in [0.1, 0.15) is 11.8 Å². The molecule has 1 aliphatic rings. The number of amidine groups is 1. The van der Waals surface area contributed by atoms with Gasteiger partial charge in [-0.15, -0.1) is 0 Å². The first-order chi connectivity index (χ1) is 13.0. The maximum atomic E-state index is 12.5. The minimum Gasteiger partial charge on any atom is -0.460 e. The number of nitrogens with one attached hydrogen (secondary N) is 2. The lowest BCUT2D eigenvalue weighted by molar-refractivity contribution is -0.135. The van der Waals surface area contributed by atoms with Gasteiger partial charge in [0, 0.05) is 20.3 Å². The van der Waals surface area contributed by atoms with Crippen molar-refractivity contribution in [1.29, 1.82) is 0 Å². The predicted molar refractivity (Wildman–Crippen MR) is 101 cm³/mol. The van der Waals surface area contributed by atoms with Crippen LogP contribution in [0.15, 0.2) is 11.2 Å². The topological polar surface area (TPSA) is 127 Å². The lowest BCUT2D eigenvalue weighted by atomic mass is 10.2. The first kappa shape index (κ1) is 21.2. The van der Waals surface area contributed by atoms with E-state index in [1.165, 1.54) is 10.8 Å². The maximum absolute atomic E-state index is 12.5. The van der Waals surface area contributed by atoms with Gasteiger partial charge in [0.15, 0.2) is 5.82 Å². The summed E-state index contributed by atoms with van der Waals surface area (Å²) in [7, 11) is 3.31. The number of hydrogen-bond acceptors (Lipinski definition) is 8. The van der Waals surface area contributed by atoms with E-state index < -0.39 is 29.7 Å². The maximum Gasteiger partial charge on any atom is 0.413 e. The highest BCUT2D eigenvalue weighted by atomic mass is 16.6. The molecule has 0 spiro atoms. The molecular formula is C17H26N6O5. The molecule has 1 atom stereocenters. The molecule has 1 aliphatic heterocycles. The monoisotopic (exact) mass is 394 g/mol. The molecule has 2 rings (SSSR count). The van der Waals surface area contributed by atoms with Gasteiger partial charge in [-0.1, -0.05) is 0 Å². The highest BCUT2D eigenvalue weighted by Gasteiger charge is 2.30. The van der Waals surface area contributed by atoms with Gasteiger partial charge in [0.25, 0.3) is 5.91 Å². The zero-order valence-electron chi connectivity index (χ0n) is 16.9. The second-order valence-corrected chi connectivity index (χ2v) is 7.23. The zero-order chi connectivity index (χ0) is 21.1. The summed E-state index contributed by atoms with van der Waals surface area (Å²) in [6.45, 7) is 7.50. The molecular weight excluding hydrogens is 368 g/mol. The van der Waals surface area contributed by atoms with Crippen LogP contribution in [-0.4, -0.2) is 70.2 Å². The van der Waals surface area contributed by atoms with Crippen LogP contribution in [0.4, 0.5) is 10.6 Å². The van der Waals surface area contributed by atoms with Gasteiger partial charge in [-0.25, -0.2) is 19.6 Å². The van der Waals surface area contributed by atoms with Gasteiger partial charge >= 0.3 is 12.1 Å². The van der Waals surface area contributed by atoms with Crippen molar-refractivity contribution in [3.05, 3.63) is 12.0 Å². The van der Waals surface area contributed by atoms with Crippen LogP contribution in [0.1, 0.15) is 38.3 Å². The Morgan fingerprint density at radius 1 is 1.29 bits per heavy atom. The predicted octanol–water partition coefficient (Wildman–Crippen LogP) is 0.730. The number of anilines is 1. The van der Waals surface area contributed by atoms with Crippen molar-refractivity contribution in [2.75, 3.05) is 25.5 Å². The average Bonchev–Trinajstić information content (AvgIpc) is 3.08. The average molecular weight is 394 g/mol. The van der Waals surface area contributed by atoms with Crippen LogP contribution in [0.3, 0.4) is 0 Å². The lowest BCUT2D eigenvalue weighted by Crippen LogP contribution is -2.38. The van der Waals surface area contributed by atoms with E-state index >= 15 is 0 Å². The van der Waals surface area contributed by atoms with E-state index in [1.807, 2.05) is 0 Å². The summed E-state index contributed by atoms with van der Waals surface area (Å²) in [5.74, 6) is -0.622. The van der Waals surface area contributed by atoms with Gasteiger partial charge in [-0.2, -0.15) is 0 Å². The van der Waals surface area contributed by atoms with E-state index in [1.54, 1.807) is 46.7 Å². The SMILES string of the molecule is CCOC(=O)C1=NC(NC(=O)c2nc(NC(=O)OC(C)(C)C)cn2C)CN1C. The Hall–Kier alpha value is -3.11. The molecule has 0 saturated carbocycles. The van der Waals surface area contributed by atoms with Crippen LogP contribution in [-0.2, 0) is 21.3 Å².